The average molecular weight is 534 g/mol. The van der Waals surface area contributed by atoms with E-state index in [9.17, 15) is 21.6 Å². The van der Waals surface area contributed by atoms with Crippen molar-refractivity contribution in [3.05, 3.63) is 29.3 Å². The van der Waals surface area contributed by atoms with E-state index in [0.29, 0.717) is 42.5 Å². The van der Waals surface area contributed by atoms with Crippen LogP contribution in [0.3, 0.4) is 0 Å². The highest BCUT2D eigenvalue weighted by Crippen LogP contribution is 2.20. The Hall–Kier alpha value is -1.08. The minimum Gasteiger partial charge on any atom is -0.352 e. The van der Waals surface area contributed by atoms with Gasteiger partial charge in [-0.3, -0.25) is 9.89 Å². The molecule has 28 heavy (non-hydrogen) atoms. The standard InChI is InChI=1S/C17H25F3N4O2S.HI/c1-12-8-13(4-5-15(12)27(3,25)26)9-22-16(21-2)23-14-6-7-24(10-14)11-17(18,19)20;/h4-5,8,14H,6-7,9-11H2,1-3H3,(H2,21,22,23);1H. The SMILES string of the molecule is CN=C(NCc1ccc(S(C)(=O)=O)c(C)c1)NC1CCN(CC(F)(F)F)C1.I. The molecule has 1 saturated heterocycles. The van der Waals surface area contributed by atoms with Gasteiger partial charge in [-0.2, -0.15) is 13.2 Å². The Balaban J connectivity index is 0.00000392. The van der Waals surface area contributed by atoms with Gasteiger partial charge in [0, 0.05) is 39.0 Å². The van der Waals surface area contributed by atoms with Crippen LogP contribution in [0, 0.1) is 6.92 Å². The lowest BCUT2D eigenvalue weighted by Crippen LogP contribution is -2.44. The number of hydrogen-bond acceptors (Lipinski definition) is 4. The lowest BCUT2D eigenvalue weighted by molar-refractivity contribution is -0.143. The Morgan fingerprint density at radius 2 is 2.04 bits per heavy atom. The van der Waals surface area contributed by atoms with Crippen LogP contribution in [0.4, 0.5) is 13.2 Å². The number of nitrogens with zero attached hydrogens (tertiary/aromatic N) is 2. The zero-order valence-corrected chi connectivity index (χ0v) is 19.2. The van der Waals surface area contributed by atoms with E-state index in [0.717, 1.165) is 5.56 Å². The number of aryl methyl sites for hydroxylation is 1. The molecule has 2 N–H and O–H groups in total. The summed E-state index contributed by atoms with van der Waals surface area (Å²) in [5.41, 5.74) is 1.55. The zero-order chi connectivity index (χ0) is 20.2. The Morgan fingerprint density at radius 1 is 1.36 bits per heavy atom. The summed E-state index contributed by atoms with van der Waals surface area (Å²) in [4.78, 5) is 5.77. The van der Waals surface area contributed by atoms with Gasteiger partial charge in [-0.25, -0.2) is 8.42 Å². The Bertz CT molecular complexity index is 800. The van der Waals surface area contributed by atoms with E-state index in [1.54, 1.807) is 32.2 Å². The van der Waals surface area contributed by atoms with E-state index < -0.39 is 22.6 Å². The molecule has 1 unspecified atom stereocenters. The van der Waals surface area contributed by atoms with Crippen molar-refractivity contribution in [2.75, 3.05) is 32.9 Å². The first kappa shape index (κ1) is 25.0. The highest BCUT2D eigenvalue weighted by molar-refractivity contribution is 14.0. The molecule has 0 aromatic heterocycles. The van der Waals surface area contributed by atoms with Crippen molar-refractivity contribution >= 4 is 39.8 Å². The lowest BCUT2D eigenvalue weighted by atomic mass is 10.1. The van der Waals surface area contributed by atoms with E-state index >= 15 is 0 Å². The van der Waals surface area contributed by atoms with Crippen LogP contribution in [-0.2, 0) is 16.4 Å². The Kier molecular flexibility index (Phi) is 9.00. The first-order valence-corrected chi connectivity index (χ1v) is 10.4. The molecule has 160 valence electrons. The van der Waals surface area contributed by atoms with Crippen LogP contribution in [-0.4, -0.2) is 64.4 Å². The number of alkyl halides is 3. The van der Waals surface area contributed by atoms with Crippen molar-refractivity contribution in [3.63, 3.8) is 0 Å². The van der Waals surface area contributed by atoms with Gasteiger partial charge in [0.05, 0.1) is 11.4 Å². The Labute approximate surface area is 180 Å². The van der Waals surface area contributed by atoms with Crippen molar-refractivity contribution in [1.82, 2.24) is 15.5 Å². The number of nitrogens with one attached hydrogen (secondary N) is 2. The fraction of sp³-hybridized carbons (Fsp3) is 0.588. The predicted molar refractivity (Wildman–Crippen MR) is 114 cm³/mol. The lowest BCUT2D eigenvalue weighted by Gasteiger charge is -2.20. The fourth-order valence-electron chi connectivity index (χ4n) is 3.16. The molecule has 1 aromatic carbocycles. The molecule has 0 saturated carbocycles. The second-order valence-corrected chi connectivity index (χ2v) is 8.76. The molecule has 1 fully saturated rings. The molecule has 2 rings (SSSR count). The van der Waals surface area contributed by atoms with Gasteiger partial charge in [-0.05, 0) is 30.5 Å². The maximum absolute atomic E-state index is 12.5. The normalized spacial score (nSPS) is 18.6. The van der Waals surface area contributed by atoms with E-state index in [1.807, 2.05) is 0 Å². The summed E-state index contributed by atoms with van der Waals surface area (Å²) in [6.07, 6.45) is -2.41. The minimum absolute atomic E-state index is 0. The second-order valence-electron chi connectivity index (χ2n) is 6.78. The van der Waals surface area contributed by atoms with Gasteiger partial charge in [0.2, 0.25) is 0 Å². The molecule has 1 aliphatic heterocycles. The van der Waals surface area contributed by atoms with Crippen LogP contribution in [0.25, 0.3) is 0 Å². The molecule has 0 spiro atoms. The Morgan fingerprint density at radius 3 is 2.57 bits per heavy atom. The minimum atomic E-state index is -4.19. The molecular weight excluding hydrogens is 508 g/mol. The molecule has 0 bridgehead atoms. The van der Waals surface area contributed by atoms with Crippen LogP contribution in [0.5, 0.6) is 0 Å². The van der Waals surface area contributed by atoms with Crippen LogP contribution in [0.2, 0.25) is 0 Å². The van der Waals surface area contributed by atoms with Crippen molar-refractivity contribution in [2.24, 2.45) is 4.99 Å². The molecule has 1 heterocycles. The molecule has 0 aliphatic carbocycles. The van der Waals surface area contributed by atoms with Crippen LogP contribution >= 0.6 is 24.0 Å². The summed E-state index contributed by atoms with van der Waals surface area (Å²) in [7, 11) is -1.67. The quantitative estimate of drug-likeness (QED) is 0.345. The zero-order valence-electron chi connectivity index (χ0n) is 16.0. The number of rotatable bonds is 5. The van der Waals surface area contributed by atoms with Gasteiger partial charge in [-0.1, -0.05) is 12.1 Å². The first-order valence-electron chi connectivity index (χ1n) is 8.54. The molecule has 1 aromatic rings. The maximum atomic E-state index is 12.5. The summed E-state index contributed by atoms with van der Waals surface area (Å²) >= 11 is 0. The molecule has 6 nitrogen and oxygen atoms in total. The third-order valence-electron chi connectivity index (χ3n) is 4.34. The van der Waals surface area contributed by atoms with Gasteiger partial charge >= 0.3 is 6.18 Å². The summed E-state index contributed by atoms with van der Waals surface area (Å²) in [5, 5.41) is 6.25. The first-order chi connectivity index (χ1) is 12.5. The van der Waals surface area contributed by atoms with Crippen molar-refractivity contribution in [2.45, 2.75) is 37.0 Å². The van der Waals surface area contributed by atoms with Crippen molar-refractivity contribution in [1.29, 1.82) is 0 Å². The number of benzene rings is 1. The summed E-state index contributed by atoms with van der Waals surface area (Å²) < 4.78 is 60.7. The van der Waals surface area contributed by atoms with E-state index in [1.165, 1.54) is 11.2 Å². The van der Waals surface area contributed by atoms with E-state index in [2.05, 4.69) is 15.6 Å². The topological polar surface area (TPSA) is 73.8 Å². The summed E-state index contributed by atoms with van der Waals surface area (Å²) in [5.74, 6) is 0.499. The summed E-state index contributed by atoms with van der Waals surface area (Å²) in [6.45, 7) is 1.95. The largest absolute Gasteiger partial charge is 0.401 e. The highest BCUT2D eigenvalue weighted by Gasteiger charge is 2.34. The van der Waals surface area contributed by atoms with Gasteiger partial charge in [0.1, 0.15) is 0 Å². The molecular formula is C17H26F3IN4O2S. The predicted octanol–water partition coefficient (Wildman–Crippen LogP) is 2.32. The molecule has 1 atom stereocenters. The molecule has 1 aliphatic rings. The smallest absolute Gasteiger partial charge is 0.352 e. The number of halogens is 4. The van der Waals surface area contributed by atoms with Crippen molar-refractivity contribution in [3.8, 4) is 0 Å². The van der Waals surface area contributed by atoms with E-state index in [-0.39, 0.29) is 30.0 Å². The number of sulfone groups is 1. The monoisotopic (exact) mass is 534 g/mol. The number of likely N-dealkylation sites (tertiary alicyclic amines) is 1. The third-order valence-corrected chi connectivity index (χ3v) is 5.60. The van der Waals surface area contributed by atoms with Gasteiger partial charge in [-0.15, -0.1) is 24.0 Å². The third kappa shape index (κ3) is 7.74. The van der Waals surface area contributed by atoms with Gasteiger partial charge < -0.3 is 10.6 Å². The van der Waals surface area contributed by atoms with Gasteiger partial charge in [0.15, 0.2) is 15.8 Å². The summed E-state index contributed by atoms with van der Waals surface area (Å²) in [6, 6.07) is 4.98. The fourth-order valence-corrected chi connectivity index (χ4v) is 4.12. The van der Waals surface area contributed by atoms with Crippen molar-refractivity contribution < 1.29 is 21.6 Å². The molecule has 11 heteroatoms. The number of hydrogen-bond donors (Lipinski definition) is 2. The van der Waals surface area contributed by atoms with E-state index in [4.69, 9.17) is 0 Å². The van der Waals surface area contributed by atoms with Crippen LogP contribution < -0.4 is 10.6 Å². The maximum Gasteiger partial charge on any atom is 0.401 e. The average Bonchev–Trinajstić information content (AvgIpc) is 2.95. The van der Waals surface area contributed by atoms with Gasteiger partial charge in [0.25, 0.3) is 0 Å². The number of guanidine groups is 1. The highest BCUT2D eigenvalue weighted by atomic mass is 127. The molecule has 0 amide bonds. The van der Waals surface area contributed by atoms with Crippen LogP contribution in [0.1, 0.15) is 17.5 Å². The number of aliphatic imine (C=N–C) groups is 1. The molecule has 0 radical (unpaired) electrons. The van der Waals surface area contributed by atoms with Crippen LogP contribution in [0.15, 0.2) is 28.1 Å². The second kappa shape index (κ2) is 10.1.